The Morgan fingerprint density at radius 1 is 1.13 bits per heavy atom. The molecule has 1 heterocycles. The molecule has 1 aliphatic heterocycles. The van der Waals surface area contributed by atoms with Gasteiger partial charge in [0.25, 0.3) is 0 Å². The highest BCUT2D eigenvalue weighted by Crippen LogP contribution is 2.28. The molecule has 0 radical (unpaired) electrons. The number of rotatable bonds is 2. The second-order valence-electron chi connectivity index (χ2n) is 5.54. The lowest BCUT2D eigenvalue weighted by Crippen LogP contribution is -2.43. The smallest absolute Gasteiger partial charge is 0.0729 e. The molecule has 2 aliphatic rings. The van der Waals surface area contributed by atoms with Crippen LogP contribution in [0.3, 0.4) is 0 Å². The Morgan fingerprint density at radius 2 is 2.00 bits per heavy atom. The molecule has 4 unspecified atom stereocenters. The zero-order valence-electron chi connectivity index (χ0n) is 10.2. The minimum absolute atomic E-state index is 0.467. The third-order valence-electron chi connectivity index (χ3n) is 4.01. The van der Waals surface area contributed by atoms with E-state index in [0.717, 1.165) is 18.4 Å². The molecule has 0 aromatic rings. The summed E-state index contributed by atoms with van der Waals surface area (Å²) in [7, 11) is 0. The van der Waals surface area contributed by atoms with Crippen molar-refractivity contribution in [2.45, 2.75) is 58.2 Å². The van der Waals surface area contributed by atoms with Gasteiger partial charge in [-0.05, 0) is 37.6 Å². The molecule has 0 amide bonds. The lowest BCUT2D eigenvalue weighted by molar-refractivity contribution is -0.0682. The van der Waals surface area contributed by atoms with Gasteiger partial charge in [-0.1, -0.05) is 26.7 Å². The monoisotopic (exact) mass is 211 g/mol. The third kappa shape index (κ3) is 3.18. The van der Waals surface area contributed by atoms with Crippen LogP contribution in [-0.2, 0) is 4.74 Å². The molecular formula is C13H25NO. The van der Waals surface area contributed by atoms with Crippen LogP contribution in [0, 0.1) is 11.8 Å². The van der Waals surface area contributed by atoms with Crippen LogP contribution in [0.2, 0.25) is 0 Å². The Bertz CT molecular complexity index is 195. The van der Waals surface area contributed by atoms with Crippen LogP contribution in [0.15, 0.2) is 0 Å². The predicted molar refractivity (Wildman–Crippen MR) is 62.9 cm³/mol. The summed E-state index contributed by atoms with van der Waals surface area (Å²) in [5.41, 5.74) is 0. The molecule has 2 fully saturated rings. The van der Waals surface area contributed by atoms with E-state index in [-0.39, 0.29) is 0 Å². The van der Waals surface area contributed by atoms with Gasteiger partial charge in [0.05, 0.1) is 12.2 Å². The summed E-state index contributed by atoms with van der Waals surface area (Å²) in [5.74, 6) is 1.61. The fraction of sp³-hybridized carbons (Fsp3) is 1.00. The minimum atomic E-state index is 0.467. The molecule has 0 aromatic heterocycles. The van der Waals surface area contributed by atoms with Gasteiger partial charge in [0.15, 0.2) is 0 Å². The van der Waals surface area contributed by atoms with Crippen LogP contribution < -0.4 is 5.32 Å². The van der Waals surface area contributed by atoms with E-state index in [1.807, 2.05) is 0 Å². The Balaban J connectivity index is 1.79. The highest BCUT2D eigenvalue weighted by atomic mass is 16.5. The van der Waals surface area contributed by atoms with E-state index in [1.165, 1.54) is 38.6 Å². The molecule has 15 heavy (non-hydrogen) atoms. The molecule has 88 valence electrons. The Morgan fingerprint density at radius 3 is 2.73 bits per heavy atom. The van der Waals surface area contributed by atoms with Gasteiger partial charge in [-0.3, -0.25) is 0 Å². The number of nitrogens with one attached hydrogen (secondary N) is 1. The second kappa shape index (κ2) is 5.31. The van der Waals surface area contributed by atoms with Crippen molar-refractivity contribution in [2.24, 2.45) is 11.8 Å². The number of hydrogen-bond acceptors (Lipinski definition) is 2. The molecular weight excluding hydrogens is 186 g/mol. The van der Waals surface area contributed by atoms with Crippen LogP contribution in [0.4, 0.5) is 0 Å². The first kappa shape index (κ1) is 11.4. The van der Waals surface area contributed by atoms with Gasteiger partial charge in [-0.25, -0.2) is 0 Å². The topological polar surface area (TPSA) is 21.3 Å². The molecule has 0 spiro atoms. The standard InChI is InChI=1S/C13H25NO/c1-10-4-3-5-12(8-10)15-13-9-14-7-6-11(13)2/h10-14H,3-9H2,1-2H3. The lowest BCUT2D eigenvalue weighted by Gasteiger charge is -2.35. The fourth-order valence-electron chi connectivity index (χ4n) is 2.89. The van der Waals surface area contributed by atoms with Crippen molar-refractivity contribution in [2.75, 3.05) is 13.1 Å². The highest BCUT2D eigenvalue weighted by molar-refractivity contribution is 4.79. The van der Waals surface area contributed by atoms with E-state index in [2.05, 4.69) is 19.2 Å². The lowest BCUT2D eigenvalue weighted by atomic mass is 9.88. The summed E-state index contributed by atoms with van der Waals surface area (Å²) in [6, 6.07) is 0. The van der Waals surface area contributed by atoms with Crippen molar-refractivity contribution in [3.63, 3.8) is 0 Å². The van der Waals surface area contributed by atoms with E-state index in [4.69, 9.17) is 4.74 Å². The fourth-order valence-corrected chi connectivity index (χ4v) is 2.89. The van der Waals surface area contributed by atoms with Gasteiger partial charge in [0.1, 0.15) is 0 Å². The molecule has 2 rings (SSSR count). The Labute approximate surface area is 93.8 Å². The molecule has 4 atom stereocenters. The molecule has 1 saturated heterocycles. The highest BCUT2D eigenvalue weighted by Gasteiger charge is 2.27. The van der Waals surface area contributed by atoms with E-state index in [1.54, 1.807) is 0 Å². The van der Waals surface area contributed by atoms with E-state index >= 15 is 0 Å². The van der Waals surface area contributed by atoms with Crippen LogP contribution in [0.5, 0.6) is 0 Å². The normalized spacial score (nSPS) is 42.8. The maximum absolute atomic E-state index is 6.25. The Kier molecular flexibility index (Phi) is 4.04. The average Bonchev–Trinajstić information content (AvgIpc) is 2.22. The summed E-state index contributed by atoms with van der Waals surface area (Å²) in [5, 5.41) is 3.44. The summed E-state index contributed by atoms with van der Waals surface area (Å²) in [6.45, 7) is 6.92. The van der Waals surface area contributed by atoms with Crippen molar-refractivity contribution >= 4 is 0 Å². The number of ether oxygens (including phenoxy) is 1. The summed E-state index contributed by atoms with van der Waals surface area (Å²) < 4.78 is 6.25. The first-order chi connectivity index (χ1) is 7.25. The van der Waals surface area contributed by atoms with E-state index in [0.29, 0.717) is 12.2 Å². The second-order valence-corrected chi connectivity index (χ2v) is 5.54. The minimum Gasteiger partial charge on any atom is -0.373 e. The SMILES string of the molecule is CC1CCCC(OC2CNCCC2C)C1. The zero-order chi connectivity index (χ0) is 10.7. The molecule has 2 nitrogen and oxygen atoms in total. The van der Waals surface area contributed by atoms with Crippen LogP contribution >= 0.6 is 0 Å². The number of piperidine rings is 1. The van der Waals surface area contributed by atoms with Crippen LogP contribution in [0.25, 0.3) is 0 Å². The van der Waals surface area contributed by atoms with Crippen molar-refractivity contribution in [3.8, 4) is 0 Å². The van der Waals surface area contributed by atoms with Gasteiger partial charge in [0.2, 0.25) is 0 Å². The summed E-state index contributed by atoms with van der Waals surface area (Å²) >= 11 is 0. The first-order valence-electron chi connectivity index (χ1n) is 6.62. The van der Waals surface area contributed by atoms with Crippen molar-refractivity contribution in [1.82, 2.24) is 5.32 Å². The number of hydrogen-bond donors (Lipinski definition) is 1. The molecule has 2 heteroatoms. The molecule has 0 bridgehead atoms. The quantitative estimate of drug-likeness (QED) is 0.758. The first-order valence-corrected chi connectivity index (χ1v) is 6.62. The van der Waals surface area contributed by atoms with Crippen LogP contribution in [-0.4, -0.2) is 25.3 Å². The van der Waals surface area contributed by atoms with Gasteiger partial charge in [-0.2, -0.15) is 0 Å². The largest absolute Gasteiger partial charge is 0.373 e. The maximum atomic E-state index is 6.25. The van der Waals surface area contributed by atoms with Gasteiger partial charge >= 0.3 is 0 Å². The van der Waals surface area contributed by atoms with Crippen molar-refractivity contribution in [3.05, 3.63) is 0 Å². The molecule has 0 aromatic carbocycles. The average molecular weight is 211 g/mol. The van der Waals surface area contributed by atoms with Gasteiger partial charge < -0.3 is 10.1 Å². The van der Waals surface area contributed by atoms with Crippen LogP contribution in [0.1, 0.15) is 46.0 Å². The molecule has 1 saturated carbocycles. The third-order valence-corrected chi connectivity index (χ3v) is 4.01. The van der Waals surface area contributed by atoms with Crippen molar-refractivity contribution in [1.29, 1.82) is 0 Å². The maximum Gasteiger partial charge on any atom is 0.0729 e. The Hall–Kier alpha value is -0.0800. The van der Waals surface area contributed by atoms with E-state index in [9.17, 15) is 0 Å². The predicted octanol–water partition coefficient (Wildman–Crippen LogP) is 2.58. The van der Waals surface area contributed by atoms with E-state index < -0.39 is 0 Å². The van der Waals surface area contributed by atoms with Crippen molar-refractivity contribution < 1.29 is 4.74 Å². The summed E-state index contributed by atoms with van der Waals surface area (Å²) in [6.07, 6.45) is 7.61. The zero-order valence-corrected chi connectivity index (χ0v) is 10.2. The summed E-state index contributed by atoms with van der Waals surface area (Å²) in [4.78, 5) is 0. The van der Waals surface area contributed by atoms with Gasteiger partial charge in [0, 0.05) is 6.54 Å². The molecule has 1 N–H and O–H groups in total. The molecule has 1 aliphatic carbocycles. The van der Waals surface area contributed by atoms with Gasteiger partial charge in [-0.15, -0.1) is 0 Å².